The van der Waals surface area contributed by atoms with E-state index in [2.05, 4.69) is 53.8 Å². The van der Waals surface area contributed by atoms with Gasteiger partial charge < -0.3 is 14.3 Å². The molecular formula is C27H48O3Si. The number of ether oxygens (including phenoxy) is 1. The van der Waals surface area contributed by atoms with E-state index < -0.39 is 8.32 Å². The van der Waals surface area contributed by atoms with Crippen LogP contribution in [0.3, 0.4) is 0 Å². The molecule has 0 amide bonds. The molecule has 0 spiro atoms. The molecule has 0 aromatic carbocycles. The Kier molecular flexibility index (Phi) is 6.38. The minimum absolute atomic E-state index is 0.144. The zero-order valence-corrected chi connectivity index (χ0v) is 22.3. The standard InChI is InChI=1S/C27H48O3Si/c1-25(2,3)31(6,7)30-20-12-14-26(4)19(18-20)8-9-21-22-10-11-24(29-17-16-28)27(22,5)15-13-23(21)26/h8,20-24,28H,9-18H2,1-7H3/t20?,21-,22-,23-,24-,26-,27-/m0/s1. The van der Waals surface area contributed by atoms with Gasteiger partial charge in [-0.1, -0.05) is 46.3 Å². The van der Waals surface area contributed by atoms with Crippen LogP contribution in [-0.4, -0.2) is 38.8 Å². The summed E-state index contributed by atoms with van der Waals surface area (Å²) in [6.07, 6.45) is 13.5. The van der Waals surface area contributed by atoms with Gasteiger partial charge in [0.1, 0.15) is 0 Å². The van der Waals surface area contributed by atoms with Gasteiger partial charge in [0, 0.05) is 6.10 Å². The average molecular weight is 449 g/mol. The SMILES string of the molecule is CC(C)(C)[Si](C)(C)OC1CC[C@@]2(C)C(=CC[C@H]3[C@@H]4CC[C@H](OCCO)[C@@]4(C)CC[C@@H]32)C1. The van der Waals surface area contributed by atoms with Crippen LogP contribution in [0.5, 0.6) is 0 Å². The molecule has 3 nitrogen and oxygen atoms in total. The second-order valence-electron chi connectivity index (χ2n) is 13.2. The number of allylic oxidation sites excluding steroid dienone is 1. The summed E-state index contributed by atoms with van der Waals surface area (Å²) in [5.74, 6) is 2.43. The van der Waals surface area contributed by atoms with Crippen LogP contribution >= 0.6 is 0 Å². The number of aliphatic hydroxyl groups excluding tert-OH is 1. The summed E-state index contributed by atoms with van der Waals surface area (Å²) in [6.45, 7) is 17.6. The van der Waals surface area contributed by atoms with Gasteiger partial charge in [0.05, 0.1) is 19.3 Å². The van der Waals surface area contributed by atoms with Crippen LogP contribution in [0.1, 0.15) is 86.0 Å². The van der Waals surface area contributed by atoms with Crippen molar-refractivity contribution in [2.45, 2.75) is 116 Å². The molecule has 31 heavy (non-hydrogen) atoms. The van der Waals surface area contributed by atoms with Gasteiger partial charge in [0.2, 0.25) is 0 Å². The van der Waals surface area contributed by atoms with Crippen LogP contribution in [0.4, 0.5) is 0 Å². The molecule has 4 aliphatic carbocycles. The number of hydrogen-bond donors (Lipinski definition) is 1. The Morgan fingerprint density at radius 3 is 2.48 bits per heavy atom. The molecule has 1 unspecified atom stereocenters. The first kappa shape index (κ1) is 24.0. The lowest BCUT2D eigenvalue weighted by Gasteiger charge is -2.58. The van der Waals surface area contributed by atoms with Crippen molar-refractivity contribution in [2.24, 2.45) is 28.6 Å². The van der Waals surface area contributed by atoms with Crippen LogP contribution < -0.4 is 0 Å². The third-order valence-corrected chi connectivity index (χ3v) is 15.2. The highest BCUT2D eigenvalue weighted by molar-refractivity contribution is 6.74. The molecule has 3 saturated carbocycles. The van der Waals surface area contributed by atoms with E-state index in [0.717, 1.165) is 24.2 Å². The lowest BCUT2D eigenvalue weighted by molar-refractivity contribution is -0.0968. The van der Waals surface area contributed by atoms with E-state index in [1.807, 2.05) is 0 Å². The van der Waals surface area contributed by atoms with Crippen molar-refractivity contribution in [3.8, 4) is 0 Å². The molecule has 0 aliphatic heterocycles. The van der Waals surface area contributed by atoms with Gasteiger partial charge in [0.25, 0.3) is 0 Å². The first-order valence-corrected chi connectivity index (χ1v) is 15.9. The van der Waals surface area contributed by atoms with Gasteiger partial charge in [-0.2, -0.15) is 0 Å². The fourth-order valence-electron chi connectivity index (χ4n) is 7.74. The molecule has 3 fully saturated rings. The fraction of sp³-hybridized carbons (Fsp3) is 0.926. The van der Waals surface area contributed by atoms with Crippen molar-refractivity contribution in [1.29, 1.82) is 0 Å². The maximum absolute atomic E-state index is 9.25. The number of hydrogen-bond acceptors (Lipinski definition) is 3. The molecule has 0 heterocycles. The van der Waals surface area contributed by atoms with E-state index in [1.165, 1.54) is 44.9 Å². The Bertz CT molecular complexity index is 695. The minimum Gasteiger partial charge on any atom is -0.414 e. The Labute approximate surface area is 192 Å². The van der Waals surface area contributed by atoms with Crippen LogP contribution in [0, 0.1) is 28.6 Å². The molecule has 4 rings (SSSR count). The van der Waals surface area contributed by atoms with Crippen molar-refractivity contribution in [1.82, 2.24) is 0 Å². The number of aliphatic hydroxyl groups is 1. The Balaban J connectivity index is 1.49. The highest BCUT2D eigenvalue weighted by Gasteiger charge is 2.59. The van der Waals surface area contributed by atoms with Crippen molar-refractivity contribution in [3.63, 3.8) is 0 Å². The van der Waals surface area contributed by atoms with E-state index in [1.54, 1.807) is 5.57 Å². The Morgan fingerprint density at radius 2 is 1.81 bits per heavy atom. The smallest absolute Gasteiger partial charge is 0.192 e. The van der Waals surface area contributed by atoms with Crippen molar-refractivity contribution >= 4 is 8.32 Å². The lowest BCUT2D eigenvalue weighted by atomic mass is 9.48. The molecule has 178 valence electrons. The van der Waals surface area contributed by atoms with E-state index in [9.17, 15) is 5.11 Å². The zero-order valence-electron chi connectivity index (χ0n) is 21.3. The quantitative estimate of drug-likeness (QED) is 0.375. The predicted molar refractivity (Wildman–Crippen MR) is 131 cm³/mol. The van der Waals surface area contributed by atoms with Crippen molar-refractivity contribution < 1.29 is 14.3 Å². The molecule has 4 aliphatic rings. The van der Waals surface area contributed by atoms with Crippen LogP contribution in [-0.2, 0) is 9.16 Å². The summed E-state index contributed by atoms with van der Waals surface area (Å²) in [4.78, 5) is 0. The highest BCUT2D eigenvalue weighted by atomic mass is 28.4. The average Bonchev–Trinajstić information content (AvgIpc) is 3.02. The number of rotatable bonds is 5. The van der Waals surface area contributed by atoms with Crippen LogP contribution in [0.15, 0.2) is 11.6 Å². The van der Waals surface area contributed by atoms with Crippen molar-refractivity contribution in [3.05, 3.63) is 11.6 Å². The van der Waals surface area contributed by atoms with E-state index >= 15 is 0 Å². The van der Waals surface area contributed by atoms with E-state index in [4.69, 9.17) is 9.16 Å². The second kappa shape index (κ2) is 8.25. The number of fused-ring (bicyclic) bond motifs is 5. The first-order valence-electron chi connectivity index (χ1n) is 13.0. The normalized spacial score (nSPS) is 43.1. The Hall–Kier alpha value is -0.163. The second-order valence-corrected chi connectivity index (χ2v) is 18.0. The third kappa shape index (κ3) is 4.02. The maximum Gasteiger partial charge on any atom is 0.192 e. The highest BCUT2D eigenvalue weighted by Crippen LogP contribution is 2.65. The maximum atomic E-state index is 9.25. The summed E-state index contributed by atoms with van der Waals surface area (Å²) in [5.41, 5.74) is 2.40. The first-order chi connectivity index (χ1) is 14.4. The molecular weight excluding hydrogens is 400 g/mol. The van der Waals surface area contributed by atoms with Gasteiger partial charge in [0.15, 0.2) is 8.32 Å². The van der Waals surface area contributed by atoms with Crippen LogP contribution in [0.25, 0.3) is 0 Å². The molecule has 0 saturated heterocycles. The van der Waals surface area contributed by atoms with Gasteiger partial charge >= 0.3 is 0 Å². The van der Waals surface area contributed by atoms with Crippen LogP contribution in [0.2, 0.25) is 18.1 Å². The molecule has 7 atom stereocenters. The van der Waals surface area contributed by atoms with Crippen molar-refractivity contribution in [2.75, 3.05) is 13.2 Å². The molecule has 4 heteroatoms. The minimum atomic E-state index is -1.71. The summed E-state index contributed by atoms with van der Waals surface area (Å²) in [6, 6.07) is 0. The predicted octanol–water partition coefficient (Wildman–Crippen LogP) is 6.72. The third-order valence-electron chi connectivity index (χ3n) is 10.6. The molecule has 0 radical (unpaired) electrons. The summed E-state index contributed by atoms with van der Waals surface area (Å²) in [7, 11) is -1.71. The lowest BCUT2D eigenvalue weighted by Crippen LogP contribution is -2.52. The van der Waals surface area contributed by atoms with Gasteiger partial charge in [-0.25, -0.2) is 0 Å². The van der Waals surface area contributed by atoms with Gasteiger partial charge in [-0.05, 0) is 98.1 Å². The molecule has 0 aromatic rings. The van der Waals surface area contributed by atoms with Gasteiger partial charge in [-0.15, -0.1) is 0 Å². The summed E-state index contributed by atoms with van der Waals surface area (Å²) < 4.78 is 13.0. The summed E-state index contributed by atoms with van der Waals surface area (Å²) in [5, 5.41) is 9.54. The van der Waals surface area contributed by atoms with E-state index in [0.29, 0.717) is 29.6 Å². The Morgan fingerprint density at radius 1 is 1.06 bits per heavy atom. The monoisotopic (exact) mass is 448 g/mol. The molecule has 0 bridgehead atoms. The largest absolute Gasteiger partial charge is 0.414 e. The topological polar surface area (TPSA) is 38.7 Å². The molecule has 1 N–H and O–H groups in total. The van der Waals surface area contributed by atoms with Gasteiger partial charge in [-0.3, -0.25) is 0 Å². The summed E-state index contributed by atoms with van der Waals surface area (Å²) >= 11 is 0. The molecule has 0 aromatic heterocycles. The van der Waals surface area contributed by atoms with E-state index in [-0.39, 0.29) is 11.6 Å². The zero-order chi connectivity index (χ0) is 22.7. The fourth-order valence-corrected chi connectivity index (χ4v) is 9.13.